The van der Waals surface area contributed by atoms with Crippen LogP contribution in [0.15, 0.2) is 30.6 Å². The Morgan fingerprint density at radius 3 is 2.75 bits per heavy atom. The molecule has 0 bridgehead atoms. The van der Waals surface area contributed by atoms with Crippen LogP contribution in [0.2, 0.25) is 5.02 Å². The van der Waals surface area contributed by atoms with Gasteiger partial charge in [-0.05, 0) is 17.7 Å². The van der Waals surface area contributed by atoms with E-state index in [0.29, 0.717) is 16.6 Å². The van der Waals surface area contributed by atoms with Crippen LogP contribution in [0.25, 0.3) is 0 Å². The highest BCUT2D eigenvalue weighted by Crippen LogP contribution is 2.11. The number of hydrogen-bond donors (Lipinski definition) is 1. The topological polar surface area (TPSA) is 54.9 Å². The minimum absolute atomic E-state index is 0.112. The average Bonchev–Trinajstić information content (AvgIpc) is 2.74. The Morgan fingerprint density at radius 2 is 2.12 bits per heavy atom. The molecule has 4 nitrogen and oxygen atoms in total. The third-order valence-corrected chi connectivity index (χ3v) is 2.72. The quantitative estimate of drug-likeness (QED) is 0.914. The Labute approximate surface area is 101 Å². The highest BCUT2D eigenvalue weighted by molar-refractivity contribution is 7.09. The lowest BCUT2D eigenvalue weighted by molar-refractivity contribution is -0.115. The first kappa shape index (κ1) is 11.0. The van der Waals surface area contributed by atoms with Crippen molar-refractivity contribution in [3.8, 4) is 0 Å². The summed E-state index contributed by atoms with van der Waals surface area (Å²) in [5, 5.41) is 3.83. The van der Waals surface area contributed by atoms with Crippen molar-refractivity contribution in [2.45, 2.75) is 6.42 Å². The second-order valence-electron chi connectivity index (χ2n) is 3.10. The van der Waals surface area contributed by atoms with Gasteiger partial charge < -0.3 is 5.32 Å². The van der Waals surface area contributed by atoms with E-state index in [1.165, 1.54) is 6.33 Å². The zero-order chi connectivity index (χ0) is 11.4. The first-order chi connectivity index (χ1) is 7.74. The molecule has 16 heavy (non-hydrogen) atoms. The lowest BCUT2D eigenvalue weighted by Crippen LogP contribution is -2.13. The summed E-state index contributed by atoms with van der Waals surface area (Å²) < 4.78 is 3.79. The SMILES string of the molecule is O=C(Cc1ccc(Cl)cc1)Nc1ncns1. The van der Waals surface area contributed by atoms with E-state index >= 15 is 0 Å². The van der Waals surface area contributed by atoms with Crippen LogP contribution >= 0.6 is 23.1 Å². The third kappa shape index (κ3) is 3.01. The summed E-state index contributed by atoms with van der Waals surface area (Å²) in [5.74, 6) is -0.112. The predicted molar refractivity (Wildman–Crippen MR) is 63.7 cm³/mol. The van der Waals surface area contributed by atoms with Crippen LogP contribution in [0.1, 0.15) is 5.56 Å². The van der Waals surface area contributed by atoms with Gasteiger partial charge in [-0.1, -0.05) is 23.7 Å². The average molecular weight is 254 g/mol. The smallest absolute Gasteiger partial charge is 0.230 e. The van der Waals surface area contributed by atoms with Crippen molar-refractivity contribution in [1.29, 1.82) is 0 Å². The van der Waals surface area contributed by atoms with E-state index in [1.54, 1.807) is 12.1 Å². The lowest BCUT2D eigenvalue weighted by Gasteiger charge is -2.01. The Kier molecular flexibility index (Phi) is 3.48. The van der Waals surface area contributed by atoms with Crippen molar-refractivity contribution in [3.63, 3.8) is 0 Å². The van der Waals surface area contributed by atoms with E-state index in [0.717, 1.165) is 17.1 Å². The molecule has 1 heterocycles. The van der Waals surface area contributed by atoms with Gasteiger partial charge in [-0.25, -0.2) is 4.98 Å². The van der Waals surface area contributed by atoms with Gasteiger partial charge >= 0.3 is 0 Å². The van der Waals surface area contributed by atoms with Crippen molar-refractivity contribution in [1.82, 2.24) is 9.36 Å². The minimum atomic E-state index is -0.112. The number of aromatic nitrogens is 2. The molecule has 0 unspecified atom stereocenters. The van der Waals surface area contributed by atoms with E-state index < -0.39 is 0 Å². The maximum absolute atomic E-state index is 11.6. The molecule has 2 aromatic rings. The number of hydrogen-bond acceptors (Lipinski definition) is 4. The van der Waals surface area contributed by atoms with E-state index in [1.807, 2.05) is 12.1 Å². The Balaban J connectivity index is 1.95. The molecule has 1 aromatic carbocycles. The van der Waals surface area contributed by atoms with Gasteiger partial charge in [-0.2, -0.15) is 4.37 Å². The molecule has 6 heteroatoms. The monoisotopic (exact) mass is 253 g/mol. The normalized spacial score (nSPS) is 10.1. The Hall–Kier alpha value is -1.46. The largest absolute Gasteiger partial charge is 0.300 e. The van der Waals surface area contributed by atoms with Crippen molar-refractivity contribution >= 4 is 34.2 Å². The second kappa shape index (κ2) is 5.05. The summed E-state index contributed by atoms with van der Waals surface area (Å²) >= 11 is 6.90. The molecule has 0 saturated carbocycles. The number of carbonyl (C=O) groups excluding carboxylic acids is 1. The van der Waals surface area contributed by atoms with Crippen LogP contribution in [0.4, 0.5) is 5.13 Å². The van der Waals surface area contributed by atoms with Gasteiger partial charge in [0.05, 0.1) is 6.42 Å². The summed E-state index contributed by atoms with van der Waals surface area (Å²) in [6.45, 7) is 0. The maximum atomic E-state index is 11.6. The molecule has 0 spiro atoms. The zero-order valence-electron chi connectivity index (χ0n) is 8.18. The van der Waals surface area contributed by atoms with E-state index in [9.17, 15) is 4.79 Å². The molecule has 0 atom stereocenters. The molecule has 1 N–H and O–H groups in total. The van der Waals surface area contributed by atoms with E-state index in [-0.39, 0.29) is 5.91 Å². The number of nitrogens with one attached hydrogen (secondary N) is 1. The molecule has 82 valence electrons. The number of carbonyl (C=O) groups is 1. The van der Waals surface area contributed by atoms with E-state index in [2.05, 4.69) is 14.7 Å². The second-order valence-corrected chi connectivity index (χ2v) is 4.31. The molecule has 0 aliphatic rings. The van der Waals surface area contributed by atoms with Gasteiger partial charge in [-0.15, -0.1) is 0 Å². The molecular weight excluding hydrogens is 246 g/mol. The molecule has 0 saturated heterocycles. The summed E-state index contributed by atoms with van der Waals surface area (Å²) in [4.78, 5) is 15.4. The number of benzene rings is 1. The molecule has 0 fully saturated rings. The first-order valence-electron chi connectivity index (χ1n) is 4.55. The van der Waals surface area contributed by atoms with Gasteiger partial charge in [0.1, 0.15) is 6.33 Å². The molecule has 0 aliphatic carbocycles. The highest BCUT2D eigenvalue weighted by Gasteiger charge is 2.05. The van der Waals surface area contributed by atoms with Gasteiger partial charge in [0.25, 0.3) is 0 Å². The summed E-state index contributed by atoms with van der Waals surface area (Å²) in [5.41, 5.74) is 0.909. The number of anilines is 1. The molecule has 0 radical (unpaired) electrons. The fourth-order valence-corrected chi connectivity index (χ4v) is 1.75. The Morgan fingerprint density at radius 1 is 1.38 bits per heavy atom. The molecule has 0 aliphatic heterocycles. The first-order valence-corrected chi connectivity index (χ1v) is 5.70. The molecule has 2 rings (SSSR count). The molecule has 1 amide bonds. The number of rotatable bonds is 3. The number of amides is 1. The van der Waals surface area contributed by atoms with E-state index in [4.69, 9.17) is 11.6 Å². The lowest BCUT2D eigenvalue weighted by atomic mass is 10.1. The van der Waals surface area contributed by atoms with Gasteiger partial charge in [0.2, 0.25) is 11.0 Å². The summed E-state index contributed by atoms with van der Waals surface area (Å²) in [6, 6.07) is 7.16. The van der Waals surface area contributed by atoms with Crippen molar-refractivity contribution in [3.05, 3.63) is 41.2 Å². The molecule has 1 aromatic heterocycles. The fraction of sp³-hybridized carbons (Fsp3) is 0.100. The molecular formula is C10H8ClN3OS. The zero-order valence-corrected chi connectivity index (χ0v) is 9.76. The van der Waals surface area contributed by atoms with Crippen molar-refractivity contribution < 1.29 is 4.79 Å². The minimum Gasteiger partial charge on any atom is -0.300 e. The summed E-state index contributed by atoms with van der Waals surface area (Å²) in [7, 11) is 0. The fourth-order valence-electron chi connectivity index (χ4n) is 1.18. The van der Waals surface area contributed by atoms with Crippen molar-refractivity contribution in [2.75, 3.05) is 5.32 Å². The number of nitrogens with zero attached hydrogens (tertiary/aromatic N) is 2. The van der Waals surface area contributed by atoms with Gasteiger partial charge in [0, 0.05) is 16.6 Å². The standard InChI is InChI=1S/C10H8ClN3OS/c11-8-3-1-7(2-4-8)5-9(15)14-10-12-6-13-16-10/h1-4,6H,5H2,(H,12,13,14,15). The van der Waals surface area contributed by atoms with Gasteiger partial charge in [0.15, 0.2) is 0 Å². The van der Waals surface area contributed by atoms with Crippen LogP contribution in [-0.4, -0.2) is 15.3 Å². The van der Waals surface area contributed by atoms with Crippen LogP contribution in [0.5, 0.6) is 0 Å². The number of halogens is 1. The Bertz CT molecular complexity index is 469. The third-order valence-electron chi connectivity index (χ3n) is 1.89. The highest BCUT2D eigenvalue weighted by atomic mass is 35.5. The predicted octanol–water partition coefficient (Wildman–Crippen LogP) is 2.37. The van der Waals surface area contributed by atoms with Crippen LogP contribution in [0.3, 0.4) is 0 Å². The van der Waals surface area contributed by atoms with Crippen molar-refractivity contribution in [2.24, 2.45) is 0 Å². The maximum Gasteiger partial charge on any atom is 0.230 e. The van der Waals surface area contributed by atoms with Crippen LogP contribution < -0.4 is 5.32 Å². The van der Waals surface area contributed by atoms with Crippen LogP contribution in [-0.2, 0) is 11.2 Å². The van der Waals surface area contributed by atoms with Crippen LogP contribution in [0, 0.1) is 0 Å². The summed E-state index contributed by atoms with van der Waals surface area (Å²) in [6.07, 6.45) is 1.71. The van der Waals surface area contributed by atoms with Gasteiger partial charge in [-0.3, -0.25) is 4.79 Å².